The van der Waals surface area contributed by atoms with Gasteiger partial charge in [-0.05, 0) is 43.5 Å². The van der Waals surface area contributed by atoms with Gasteiger partial charge in [-0.15, -0.1) is 0 Å². The highest BCUT2D eigenvalue weighted by Crippen LogP contribution is 2.19. The molecule has 1 aliphatic rings. The lowest BCUT2D eigenvalue weighted by molar-refractivity contribution is 0.192. The fourth-order valence-corrected chi connectivity index (χ4v) is 3.40. The number of hydrogen-bond acceptors (Lipinski definition) is 3. The van der Waals surface area contributed by atoms with E-state index in [-0.39, 0.29) is 16.8 Å². The van der Waals surface area contributed by atoms with Crippen LogP contribution in [0.5, 0.6) is 0 Å². The molecule has 1 atom stereocenters. The lowest BCUT2D eigenvalue weighted by Gasteiger charge is -2.13. The highest BCUT2D eigenvalue weighted by Gasteiger charge is 2.24. The van der Waals surface area contributed by atoms with Crippen LogP contribution in [0.4, 0.5) is 4.39 Å². The first-order valence-electron chi connectivity index (χ1n) is 5.77. The van der Waals surface area contributed by atoms with Gasteiger partial charge >= 0.3 is 0 Å². The van der Waals surface area contributed by atoms with Crippen LogP contribution in [0.25, 0.3) is 0 Å². The van der Waals surface area contributed by atoms with Gasteiger partial charge in [0.1, 0.15) is 5.82 Å². The molecule has 0 bridgehead atoms. The summed E-state index contributed by atoms with van der Waals surface area (Å²) in [6.45, 7) is 4.06. The molecule has 0 spiro atoms. The number of halogens is 1. The quantitative estimate of drug-likeness (QED) is 0.908. The average Bonchev–Trinajstić information content (AvgIpc) is 2.77. The van der Waals surface area contributed by atoms with Gasteiger partial charge < -0.3 is 4.74 Å². The number of aryl methyl sites for hydroxylation is 2. The topological polar surface area (TPSA) is 55.4 Å². The maximum Gasteiger partial charge on any atom is 0.240 e. The maximum absolute atomic E-state index is 13.5. The molecule has 1 aliphatic heterocycles. The molecule has 0 amide bonds. The Bertz CT molecular complexity index is 527. The molecule has 0 aromatic heterocycles. The maximum atomic E-state index is 13.5. The number of ether oxygens (including phenoxy) is 1. The molecule has 4 nitrogen and oxygen atoms in total. The molecule has 0 radical (unpaired) electrons. The second-order valence-corrected chi connectivity index (χ2v) is 6.27. The smallest absolute Gasteiger partial charge is 0.240 e. The molecule has 1 saturated heterocycles. The zero-order valence-corrected chi connectivity index (χ0v) is 11.2. The van der Waals surface area contributed by atoms with Crippen LogP contribution in [0, 0.1) is 19.7 Å². The summed E-state index contributed by atoms with van der Waals surface area (Å²) in [5.74, 6) is -0.363. The van der Waals surface area contributed by atoms with Crippen molar-refractivity contribution in [3.05, 3.63) is 29.1 Å². The van der Waals surface area contributed by atoms with Crippen LogP contribution in [-0.2, 0) is 14.8 Å². The van der Waals surface area contributed by atoms with Crippen LogP contribution in [0.15, 0.2) is 17.0 Å². The van der Waals surface area contributed by atoms with Gasteiger partial charge in [-0.2, -0.15) is 0 Å². The Morgan fingerprint density at radius 2 is 1.94 bits per heavy atom. The minimum atomic E-state index is -3.60. The van der Waals surface area contributed by atoms with Crippen LogP contribution in [0.3, 0.4) is 0 Å². The van der Waals surface area contributed by atoms with E-state index in [1.165, 1.54) is 12.1 Å². The van der Waals surface area contributed by atoms with Crippen LogP contribution in [0.2, 0.25) is 0 Å². The third kappa shape index (κ3) is 2.71. The lowest BCUT2D eigenvalue weighted by atomic mass is 10.1. The van der Waals surface area contributed by atoms with Gasteiger partial charge in [-0.3, -0.25) is 0 Å². The molecule has 0 saturated carbocycles. The van der Waals surface area contributed by atoms with Crippen molar-refractivity contribution in [3.8, 4) is 0 Å². The van der Waals surface area contributed by atoms with Gasteiger partial charge in [0.05, 0.1) is 11.5 Å². The summed E-state index contributed by atoms with van der Waals surface area (Å²) in [6.07, 6.45) is 0.665. The van der Waals surface area contributed by atoms with Gasteiger partial charge in [0, 0.05) is 12.6 Å². The lowest BCUT2D eigenvalue weighted by Crippen LogP contribution is -2.35. The number of nitrogens with one attached hydrogen (secondary N) is 1. The molecule has 1 aromatic carbocycles. The zero-order valence-electron chi connectivity index (χ0n) is 10.4. The minimum Gasteiger partial charge on any atom is -0.380 e. The molecule has 0 aliphatic carbocycles. The van der Waals surface area contributed by atoms with Crippen molar-refractivity contribution >= 4 is 10.0 Å². The summed E-state index contributed by atoms with van der Waals surface area (Å²) >= 11 is 0. The Morgan fingerprint density at radius 1 is 1.33 bits per heavy atom. The van der Waals surface area contributed by atoms with Crippen molar-refractivity contribution < 1.29 is 17.5 Å². The Kier molecular flexibility index (Phi) is 3.70. The number of benzene rings is 1. The zero-order chi connectivity index (χ0) is 13.3. The standard InChI is InChI=1S/C12H16FNO3S/c1-8-5-11(6-9(2)12(8)13)18(15,16)14-10-3-4-17-7-10/h5-6,10,14H,3-4,7H2,1-2H3. The third-order valence-corrected chi connectivity index (χ3v) is 4.47. The second-order valence-electron chi connectivity index (χ2n) is 4.55. The van der Waals surface area contributed by atoms with Gasteiger partial charge in [0.15, 0.2) is 0 Å². The first kappa shape index (κ1) is 13.5. The highest BCUT2D eigenvalue weighted by atomic mass is 32.2. The first-order valence-corrected chi connectivity index (χ1v) is 7.25. The summed E-state index contributed by atoms with van der Waals surface area (Å²) in [4.78, 5) is 0.103. The highest BCUT2D eigenvalue weighted by molar-refractivity contribution is 7.89. The predicted molar refractivity (Wildman–Crippen MR) is 65.4 cm³/mol. The number of rotatable bonds is 3. The second kappa shape index (κ2) is 4.95. The molecule has 2 rings (SSSR count). The van der Waals surface area contributed by atoms with Crippen molar-refractivity contribution in [3.63, 3.8) is 0 Å². The predicted octanol–water partition coefficient (Wildman–Crippen LogP) is 1.51. The third-order valence-electron chi connectivity index (χ3n) is 2.97. The van der Waals surface area contributed by atoms with Crippen molar-refractivity contribution in [1.29, 1.82) is 0 Å². The van der Waals surface area contributed by atoms with Crippen molar-refractivity contribution in [2.75, 3.05) is 13.2 Å². The van der Waals surface area contributed by atoms with Crippen LogP contribution in [-0.4, -0.2) is 27.7 Å². The Morgan fingerprint density at radius 3 is 2.44 bits per heavy atom. The van der Waals surface area contributed by atoms with Crippen molar-refractivity contribution in [2.45, 2.75) is 31.2 Å². The summed E-state index contributed by atoms with van der Waals surface area (Å²) in [5.41, 5.74) is 0.663. The fraction of sp³-hybridized carbons (Fsp3) is 0.500. The van der Waals surface area contributed by atoms with E-state index < -0.39 is 10.0 Å². The molecule has 100 valence electrons. The summed E-state index contributed by atoms with van der Waals surface area (Å²) in [6, 6.07) is 2.50. The molecule has 1 aromatic rings. The summed E-state index contributed by atoms with van der Waals surface area (Å²) < 4.78 is 45.4. The molecule has 1 heterocycles. The van der Waals surface area contributed by atoms with Crippen molar-refractivity contribution in [1.82, 2.24) is 4.72 Å². The average molecular weight is 273 g/mol. The molecule has 1 N–H and O–H groups in total. The number of hydrogen-bond donors (Lipinski definition) is 1. The van der Waals surface area contributed by atoms with Gasteiger partial charge in [0.2, 0.25) is 10.0 Å². The van der Waals surface area contributed by atoms with Crippen LogP contribution < -0.4 is 4.72 Å². The van der Waals surface area contributed by atoms with E-state index in [0.29, 0.717) is 30.8 Å². The Labute approximate surface area is 106 Å². The Hall–Kier alpha value is -0.980. The normalized spacial score (nSPS) is 20.3. The fourth-order valence-electron chi connectivity index (χ4n) is 1.98. The minimum absolute atomic E-state index is 0.103. The molecule has 1 unspecified atom stereocenters. The van der Waals surface area contributed by atoms with E-state index in [1.54, 1.807) is 13.8 Å². The molecule has 1 fully saturated rings. The monoisotopic (exact) mass is 273 g/mol. The molecule has 6 heteroatoms. The largest absolute Gasteiger partial charge is 0.380 e. The van der Waals surface area contributed by atoms with E-state index in [2.05, 4.69) is 4.72 Å². The molecular weight excluding hydrogens is 257 g/mol. The SMILES string of the molecule is Cc1cc(S(=O)(=O)NC2CCOC2)cc(C)c1F. The summed E-state index contributed by atoms with van der Waals surface area (Å²) in [7, 11) is -3.60. The molecule has 18 heavy (non-hydrogen) atoms. The van der Waals surface area contributed by atoms with Gasteiger partial charge in [0.25, 0.3) is 0 Å². The van der Waals surface area contributed by atoms with E-state index >= 15 is 0 Å². The van der Waals surface area contributed by atoms with Crippen molar-refractivity contribution in [2.24, 2.45) is 0 Å². The van der Waals surface area contributed by atoms with Crippen LogP contribution >= 0.6 is 0 Å². The van der Waals surface area contributed by atoms with Gasteiger partial charge in [-0.1, -0.05) is 0 Å². The number of sulfonamides is 1. The van der Waals surface area contributed by atoms with Gasteiger partial charge in [-0.25, -0.2) is 17.5 Å². The van der Waals surface area contributed by atoms with E-state index in [9.17, 15) is 12.8 Å². The molecular formula is C12H16FNO3S. The van der Waals surface area contributed by atoms with Crippen LogP contribution in [0.1, 0.15) is 17.5 Å². The van der Waals surface area contributed by atoms with E-state index in [1.807, 2.05) is 0 Å². The first-order chi connectivity index (χ1) is 8.40. The summed E-state index contributed by atoms with van der Waals surface area (Å²) in [5, 5.41) is 0. The van der Waals surface area contributed by atoms with E-state index in [4.69, 9.17) is 4.74 Å². The van der Waals surface area contributed by atoms with E-state index in [0.717, 1.165) is 0 Å². The Balaban J connectivity index is 2.29.